The molecule has 1 aliphatic rings. The van der Waals surface area contributed by atoms with Crippen LogP contribution in [-0.4, -0.2) is 54.6 Å². The summed E-state index contributed by atoms with van der Waals surface area (Å²) in [4.78, 5) is 12.8. The third-order valence-electron chi connectivity index (χ3n) is 3.98. The van der Waals surface area contributed by atoms with Crippen molar-refractivity contribution in [1.29, 1.82) is 0 Å². The van der Waals surface area contributed by atoms with E-state index in [1.165, 1.54) is 22.7 Å². The van der Waals surface area contributed by atoms with Crippen molar-refractivity contribution in [3.8, 4) is 0 Å². The average molecular weight is 324 g/mol. The molecule has 1 aromatic rings. The molecule has 1 atom stereocenters. The van der Waals surface area contributed by atoms with Gasteiger partial charge in [-0.1, -0.05) is 0 Å². The third kappa shape index (κ3) is 5.57. The number of likely N-dealkylation sites (N-methyl/N-ethyl adjacent to an activating group) is 1. The fourth-order valence-electron chi connectivity index (χ4n) is 2.34. The van der Waals surface area contributed by atoms with Crippen LogP contribution in [-0.2, 0) is 6.42 Å². The van der Waals surface area contributed by atoms with Crippen LogP contribution in [0, 0.1) is 6.92 Å². The maximum absolute atomic E-state index is 4.72. The molecule has 0 spiro atoms. The number of thiazole rings is 1. The Labute approximate surface area is 138 Å². The predicted octanol–water partition coefficient (Wildman–Crippen LogP) is 2.03. The smallest absolute Gasteiger partial charge is 0.191 e. The summed E-state index contributed by atoms with van der Waals surface area (Å²) < 4.78 is 0. The zero-order valence-corrected chi connectivity index (χ0v) is 15.0. The number of guanidine groups is 1. The molecular formula is C16H29N5S. The van der Waals surface area contributed by atoms with Crippen molar-refractivity contribution in [2.75, 3.05) is 26.7 Å². The van der Waals surface area contributed by atoms with Gasteiger partial charge in [-0.2, -0.15) is 0 Å². The number of rotatable bonds is 8. The fourth-order valence-corrected chi connectivity index (χ4v) is 3.13. The van der Waals surface area contributed by atoms with Crippen LogP contribution < -0.4 is 10.6 Å². The van der Waals surface area contributed by atoms with Gasteiger partial charge in [-0.3, -0.25) is 9.89 Å². The Morgan fingerprint density at radius 1 is 1.50 bits per heavy atom. The first-order chi connectivity index (χ1) is 10.6. The molecule has 1 fully saturated rings. The summed E-state index contributed by atoms with van der Waals surface area (Å²) in [6.07, 6.45) is 5.57. The van der Waals surface area contributed by atoms with Crippen LogP contribution >= 0.6 is 11.3 Å². The molecule has 1 unspecified atom stereocenters. The van der Waals surface area contributed by atoms with E-state index < -0.39 is 0 Å². The van der Waals surface area contributed by atoms with Crippen LogP contribution in [0.4, 0.5) is 0 Å². The Hall–Kier alpha value is -1.14. The standard InChI is InChI=1S/C16H29N5S/c1-5-17-16(18-9-8-15-19-11-13(3)22-15)20-10-12(2)21(4)14-6-7-14/h11-12,14H,5-10H2,1-4H3,(H2,17,18,20). The van der Waals surface area contributed by atoms with Crippen LogP contribution in [0.15, 0.2) is 11.2 Å². The molecule has 0 radical (unpaired) electrons. The van der Waals surface area contributed by atoms with Gasteiger partial charge in [0, 0.05) is 42.7 Å². The van der Waals surface area contributed by atoms with Crippen LogP contribution in [0.3, 0.4) is 0 Å². The van der Waals surface area contributed by atoms with Gasteiger partial charge in [-0.05, 0) is 40.7 Å². The lowest BCUT2D eigenvalue weighted by molar-refractivity contribution is 0.253. The maximum atomic E-state index is 4.72. The van der Waals surface area contributed by atoms with Gasteiger partial charge in [0.25, 0.3) is 0 Å². The van der Waals surface area contributed by atoms with E-state index in [0.29, 0.717) is 6.04 Å². The Kier molecular flexibility index (Phi) is 6.64. The number of nitrogens with one attached hydrogen (secondary N) is 2. The number of nitrogens with zero attached hydrogens (tertiary/aromatic N) is 3. The van der Waals surface area contributed by atoms with Crippen molar-refractivity contribution >= 4 is 17.3 Å². The average Bonchev–Trinajstić information content (AvgIpc) is 3.27. The number of aryl methyl sites for hydroxylation is 1. The summed E-state index contributed by atoms with van der Waals surface area (Å²) in [5, 5.41) is 7.90. The molecular weight excluding hydrogens is 294 g/mol. The van der Waals surface area contributed by atoms with Gasteiger partial charge in [0.2, 0.25) is 0 Å². The van der Waals surface area contributed by atoms with E-state index in [-0.39, 0.29) is 0 Å². The second-order valence-corrected chi connectivity index (χ2v) is 7.33. The Balaban J connectivity index is 1.76. The summed E-state index contributed by atoms with van der Waals surface area (Å²) in [5.41, 5.74) is 0. The molecule has 0 saturated heterocycles. The van der Waals surface area contributed by atoms with Gasteiger partial charge in [-0.25, -0.2) is 4.98 Å². The molecule has 1 aromatic heterocycles. The highest BCUT2D eigenvalue weighted by Gasteiger charge is 2.28. The lowest BCUT2D eigenvalue weighted by Crippen LogP contribution is -2.40. The lowest BCUT2D eigenvalue weighted by atomic mass is 10.3. The predicted molar refractivity (Wildman–Crippen MR) is 94.8 cm³/mol. The Morgan fingerprint density at radius 3 is 2.86 bits per heavy atom. The molecule has 1 heterocycles. The van der Waals surface area contributed by atoms with Crippen LogP contribution in [0.2, 0.25) is 0 Å². The van der Waals surface area contributed by atoms with E-state index >= 15 is 0 Å². The zero-order valence-electron chi connectivity index (χ0n) is 14.2. The van der Waals surface area contributed by atoms with Crippen molar-refractivity contribution in [2.45, 2.75) is 52.1 Å². The molecule has 5 nitrogen and oxygen atoms in total. The number of aliphatic imine (C=N–C) groups is 1. The maximum Gasteiger partial charge on any atom is 0.191 e. The molecule has 124 valence electrons. The molecule has 0 bridgehead atoms. The highest BCUT2D eigenvalue weighted by Crippen LogP contribution is 2.26. The quantitative estimate of drug-likeness (QED) is 0.568. The zero-order chi connectivity index (χ0) is 15.9. The van der Waals surface area contributed by atoms with Gasteiger partial charge in [0.1, 0.15) is 0 Å². The lowest BCUT2D eigenvalue weighted by Gasteiger charge is -2.23. The first kappa shape index (κ1) is 17.2. The molecule has 6 heteroatoms. The van der Waals surface area contributed by atoms with E-state index in [2.05, 4.69) is 48.3 Å². The van der Waals surface area contributed by atoms with E-state index in [0.717, 1.165) is 38.1 Å². The summed E-state index contributed by atoms with van der Waals surface area (Å²) in [7, 11) is 2.21. The van der Waals surface area contributed by atoms with Gasteiger partial charge in [0.05, 0.1) is 11.6 Å². The normalized spacial score (nSPS) is 16.9. The molecule has 2 N–H and O–H groups in total. The fraction of sp³-hybridized carbons (Fsp3) is 0.750. The first-order valence-electron chi connectivity index (χ1n) is 8.25. The summed E-state index contributed by atoms with van der Waals surface area (Å²) in [6, 6.07) is 1.28. The molecule has 2 rings (SSSR count). The third-order valence-corrected chi connectivity index (χ3v) is 4.95. The molecule has 0 amide bonds. The van der Waals surface area contributed by atoms with Crippen LogP contribution in [0.25, 0.3) is 0 Å². The van der Waals surface area contributed by atoms with E-state index in [9.17, 15) is 0 Å². The first-order valence-corrected chi connectivity index (χ1v) is 9.07. The Bertz CT molecular complexity index is 481. The van der Waals surface area contributed by atoms with E-state index in [4.69, 9.17) is 4.99 Å². The van der Waals surface area contributed by atoms with Gasteiger partial charge >= 0.3 is 0 Å². The molecule has 0 aliphatic heterocycles. The summed E-state index contributed by atoms with van der Waals surface area (Å²) in [5.74, 6) is 0.909. The topological polar surface area (TPSA) is 52.6 Å². The summed E-state index contributed by atoms with van der Waals surface area (Å²) in [6.45, 7) is 9.03. The van der Waals surface area contributed by atoms with E-state index in [1.54, 1.807) is 11.3 Å². The van der Waals surface area contributed by atoms with Crippen molar-refractivity contribution in [3.63, 3.8) is 0 Å². The molecule has 1 aliphatic carbocycles. The second kappa shape index (κ2) is 8.48. The minimum Gasteiger partial charge on any atom is -0.357 e. The van der Waals surface area contributed by atoms with Crippen molar-refractivity contribution in [3.05, 3.63) is 16.1 Å². The van der Waals surface area contributed by atoms with Gasteiger partial charge in [0.15, 0.2) is 5.96 Å². The second-order valence-electron chi connectivity index (χ2n) is 6.01. The van der Waals surface area contributed by atoms with Crippen molar-refractivity contribution in [1.82, 2.24) is 20.5 Å². The molecule has 1 saturated carbocycles. The minimum atomic E-state index is 0.490. The molecule has 22 heavy (non-hydrogen) atoms. The van der Waals surface area contributed by atoms with Crippen molar-refractivity contribution in [2.24, 2.45) is 4.99 Å². The number of hydrogen-bond donors (Lipinski definition) is 2. The Morgan fingerprint density at radius 2 is 2.27 bits per heavy atom. The number of aromatic nitrogens is 1. The number of hydrogen-bond acceptors (Lipinski definition) is 4. The minimum absolute atomic E-state index is 0.490. The largest absolute Gasteiger partial charge is 0.357 e. The van der Waals surface area contributed by atoms with Crippen LogP contribution in [0.1, 0.15) is 36.6 Å². The SMILES string of the molecule is CCNC(=NCC(C)N(C)C1CC1)NCCc1ncc(C)s1. The van der Waals surface area contributed by atoms with Gasteiger partial charge < -0.3 is 10.6 Å². The van der Waals surface area contributed by atoms with Crippen LogP contribution in [0.5, 0.6) is 0 Å². The molecule has 0 aromatic carbocycles. The summed E-state index contributed by atoms with van der Waals surface area (Å²) >= 11 is 1.77. The highest BCUT2D eigenvalue weighted by atomic mass is 32.1. The monoisotopic (exact) mass is 323 g/mol. The highest BCUT2D eigenvalue weighted by molar-refractivity contribution is 7.11. The van der Waals surface area contributed by atoms with Gasteiger partial charge in [-0.15, -0.1) is 11.3 Å². The van der Waals surface area contributed by atoms with Crippen molar-refractivity contribution < 1.29 is 0 Å². The van der Waals surface area contributed by atoms with E-state index in [1.807, 2.05) is 6.20 Å².